The summed E-state index contributed by atoms with van der Waals surface area (Å²) in [5.41, 5.74) is 0.480. The number of aryl methyl sites for hydroxylation is 1. The Morgan fingerprint density at radius 3 is 2.75 bits per heavy atom. The summed E-state index contributed by atoms with van der Waals surface area (Å²) >= 11 is 0. The number of ketones is 1. The second-order valence-corrected chi connectivity index (χ2v) is 4.60. The number of hydrogen-bond acceptors (Lipinski definition) is 4. The molecule has 0 aliphatic carbocycles. The molecule has 0 bridgehead atoms. The average Bonchev–Trinajstić information content (AvgIpc) is 2.61. The molecule has 0 radical (unpaired) electrons. The fourth-order valence-electron chi connectivity index (χ4n) is 2.13. The highest BCUT2D eigenvalue weighted by Gasteiger charge is 2.25. The van der Waals surface area contributed by atoms with Gasteiger partial charge in [0.15, 0.2) is 11.7 Å². The molecule has 1 saturated heterocycles. The summed E-state index contributed by atoms with van der Waals surface area (Å²) in [7, 11) is 0. The minimum absolute atomic E-state index is 0.0235. The van der Waals surface area contributed by atoms with Gasteiger partial charge < -0.3 is 9.73 Å². The molecule has 0 saturated carbocycles. The number of Topliss-reactive ketones (excluding diaryl/α,β-unsaturated/α-hetero) is 1. The average molecular weight is 222 g/mol. The highest BCUT2D eigenvalue weighted by atomic mass is 16.4. The van der Waals surface area contributed by atoms with Gasteiger partial charge in [0.1, 0.15) is 11.5 Å². The Morgan fingerprint density at radius 1 is 1.50 bits per heavy atom. The van der Waals surface area contributed by atoms with Crippen LogP contribution in [0.5, 0.6) is 0 Å². The van der Waals surface area contributed by atoms with Crippen molar-refractivity contribution in [3.05, 3.63) is 17.3 Å². The molecule has 2 heterocycles. The SMILES string of the molecule is CC(=O)c1nc(C2CC[C@@H](C)NC2)oc1C. The third-order valence-electron chi connectivity index (χ3n) is 3.16. The van der Waals surface area contributed by atoms with Gasteiger partial charge in [0.05, 0.1) is 0 Å². The van der Waals surface area contributed by atoms with Gasteiger partial charge in [-0.25, -0.2) is 4.98 Å². The van der Waals surface area contributed by atoms with Crippen LogP contribution in [0.15, 0.2) is 4.42 Å². The van der Waals surface area contributed by atoms with E-state index in [4.69, 9.17) is 4.42 Å². The van der Waals surface area contributed by atoms with Crippen molar-refractivity contribution in [1.82, 2.24) is 10.3 Å². The first-order chi connectivity index (χ1) is 7.58. The third kappa shape index (κ3) is 2.16. The minimum atomic E-state index is -0.0235. The fraction of sp³-hybridized carbons (Fsp3) is 0.667. The van der Waals surface area contributed by atoms with Gasteiger partial charge in [0, 0.05) is 25.4 Å². The lowest BCUT2D eigenvalue weighted by molar-refractivity contribution is 0.101. The fourth-order valence-corrected chi connectivity index (χ4v) is 2.13. The Balaban J connectivity index is 2.15. The third-order valence-corrected chi connectivity index (χ3v) is 3.16. The van der Waals surface area contributed by atoms with Crippen LogP contribution in [0.25, 0.3) is 0 Å². The Labute approximate surface area is 95.4 Å². The Kier molecular flexibility index (Phi) is 3.10. The number of rotatable bonds is 2. The first-order valence-corrected chi connectivity index (χ1v) is 5.79. The van der Waals surface area contributed by atoms with Crippen LogP contribution in [0.1, 0.15) is 54.7 Å². The number of nitrogens with zero attached hydrogens (tertiary/aromatic N) is 1. The van der Waals surface area contributed by atoms with Crippen molar-refractivity contribution in [2.75, 3.05) is 6.54 Å². The van der Waals surface area contributed by atoms with Gasteiger partial charge in [0.25, 0.3) is 0 Å². The summed E-state index contributed by atoms with van der Waals surface area (Å²) in [5, 5.41) is 3.40. The largest absolute Gasteiger partial charge is 0.445 e. The Bertz CT molecular complexity index is 390. The maximum absolute atomic E-state index is 11.3. The summed E-state index contributed by atoms with van der Waals surface area (Å²) in [4.78, 5) is 15.6. The zero-order chi connectivity index (χ0) is 11.7. The number of carbonyl (C=O) groups excluding carboxylic acids is 1. The lowest BCUT2D eigenvalue weighted by Crippen LogP contribution is -2.35. The zero-order valence-electron chi connectivity index (χ0n) is 10.0. The van der Waals surface area contributed by atoms with Crippen molar-refractivity contribution < 1.29 is 9.21 Å². The highest BCUT2D eigenvalue weighted by molar-refractivity contribution is 5.92. The molecule has 1 unspecified atom stereocenters. The van der Waals surface area contributed by atoms with E-state index in [1.807, 2.05) is 0 Å². The van der Waals surface area contributed by atoms with E-state index in [0.717, 1.165) is 19.4 Å². The van der Waals surface area contributed by atoms with E-state index in [2.05, 4.69) is 17.2 Å². The topological polar surface area (TPSA) is 55.1 Å². The summed E-state index contributed by atoms with van der Waals surface area (Å²) in [6.07, 6.45) is 2.20. The standard InChI is InChI=1S/C12H18N2O2/c1-7-4-5-10(6-13-7)12-14-11(8(2)15)9(3)16-12/h7,10,13H,4-6H2,1-3H3/t7-,10?/m1/s1. The molecular weight excluding hydrogens is 204 g/mol. The van der Waals surface area contributed by atoms with Gasteiger partial charge in [-0.05, 0) is 26.7 Å². The summed E-state index contributed by atoms with van der Waals surface area (Å²) < 4.78 is 5.58. The molecule has 1 aliphatic rings. The van der Waals surface area contributed by atoms with Gasteiger partial charge in [0.2, 0.25) is 0 Å². The van der Waals surface area contributed by atoms with Crippen LogP contribution in [0, 0.1) is 6.92 Å². The maximum Gasteiger partial charge on any atom is 0.199 e. The predicted molar refractivity (Wildman–Crippen MR) is 60.7 cm³/mol. The van der Waals surface area contributed by atoms with Crippen molar-refractivity contribution in [3.8, 4) is 0 Å². The van der Waals surface area contributed by atoms with Crippen LogP contribution < -0.4 is 5.32 Å². The van der Waals surface area contributed by atoms with Crippen molar-refractivity contribution >= 4 is 5.78 Å². The molecule has 4 heteroatoms. The minimum Gasteiger partial charge on any atom is -0.445 e. The van der Waals surface area contributed by atoms with Crippen LogP contribution in [0.3, 0.4) is 0 Å². The smallest absolute Gasteiger partial charge is 0.199 e. The molecule has 88 valence electrons. The Hall–Kier alpha value is -1.16. The van der Waals surface area contributed by atoms with E-state index in [0.29, 0.717) is 29.3 Å². The molecule has 1 N–H and O–H groups in total. The summed E-state index contributed by atoms with van der Waals surface area (Å²) in [5.74, 6) is 1.64. The van der Waals surface area contributed by atoms with E-state index >= 15 is 0 Å². The van der Waals surface area contributed by atoms with Gasteiger partial charge in [-0.3, -0.25) is 4.79 Å². The molecule has 1 aromatic heterocycles. The van der Waals surface area contributed by atoms with Gasteiger partial charge in [-0.1, -0.05) is 0 Å². The number of piperidine rings is 1. The van der Waals surface area contributed by atoms with Crippen LogP contribution in [0.4, 0.5) is 0 Å². The van der Waals surface area contributed by atoms with Crippen LogP contribution in [-0.4, -0.2) is 23.4 Å². The van der Waals surface area contributed by atoms with Crippen molar-refractivity contribution in [1.29, 1.82) is 0 Å². The van der Waals surface area contributed by atoms with Crippen molar-refractivity contribution in [3.63, 3.8) is 0 Å². The lowest BCUT2D eigenvalue weighted by Gasteiger charge is -2.25. The van der Waals surface area contributed by atoms with E-state index in [9.17, 15) is 4.79 Å². The van der Waals surface area contributed by atoms with E-state index in [1.165, 1.54) is 6.92 Å². The number of nitrogens with one attached hydrogen (secondary N) is 1. The zero-order valence-corrected chi connectivity index (χ0v) is 10.0. The first-order valence-electron chi connectivity index (χ1n) is 5.79. The molecular formula is C12H18N2O2. The molecule has 1 aliphatic heterocycles. The second-order valence-electron chi connectivity index (χ2n) is 4.60. The molecule has 4 nitrogen and oxygen atoms in total. The van der Waals surface area contributed by atoms with E-state index < -0.39 is 0 Å². The van der Waals surface area contributed by atoms with Gasteiger partial charge >= 0.3 is 0 Å². The molecule has 0 amide bonds. The molecule has 16 heavy (non-hydrogen) atoms. The molecule has 1 aromatic rings. The molecule has 0 aromatic carbocycles. The molecule has 0 spiro atoms. The highest BCUT2D eigenvalue weighted by Crippen LogP contribution is 2.26. The quantitative estimate of drug-likeness (QED) is 0.778. The van der Waals surface area contributed by atoms with Crippen LogP contribution in [0.2, 0.25) is 0 Å². The first kappa shape index (κ1) is 11.3. The number of aromatic nitrogens is 1. The molecule has 2 atom stereocenters. The Morgan fingerprint density at radius 2 is 2.25 bits per heavy atom. The maximum atomic E-state index is 11.3. The summed E-state index contributed by atoms with van der Waals surface area (Å²) in [6, 6.07) is 0.569. The lowest BCUT2D eigenvalue weighted by atomic mass is 9.95. The molecule has 1 fully saturated rings. The van der Waals surface area contributed by atoms with E-state index in [-0.39, 0.29) is 5.78 Å². The number of hydrogen-bond donors (Lipinski definition) is 1. The predicted octanol–water partition coefficient (Wildman–Crippen LogP) is 2.04. The van der Waals surface area contributed by atoms with Crippen LogP contribution in [-0.2, 0) is 0 Å². The van der Waals surface area contributed by atoms with E-state index in [1.54, 1.807) is 6.92 Å². The summed E-state index contributed by atoms with van der Waals surface area (Å²) in [6.45, 7) is 6.39. The van der Waals surface area contributed by atoms with Crippen molar-refractivity contribution in [2.45, 2.75) is 45.6 Å². The monoisotopic (exact) mass is 222 g/mol. The van der Waals surface area contributed by atoms with Crippen molar-refractivity contribution in [2.24, 2.45) is 0 Å². The number of oxazole rings is 1. The second kappa shape index (κ2) is 4.37. The van der Waals surface area contributed by atoms with Gasteiger partial charge in [-0.2, -0.15) is 0 Å². The van der Waals surface area contributed by atoms with Gasteiger partial charge in [-0.15, -0.1) is 0 Å². The number of carbonyl (C=O) groups is 1. The molecule has 2 rings (SSSR count). The normalized spacial score (nSPS) is 25.7. The van der Waals surface area contributed by atoms with Crippen LogP contribution >= 0.6 is 0 Å².